The monoisotopic (exact) mass is 235 g/mol. The van der Waals surface area contributed by atoms with Gasteiger partial charge in [-0.1, -0.05) is 19.1 Å². The van der Waals surface area contributed by atoms with E-state index in [4.69, 9.17) is 5.73 Å². The van der Waals surface area contributed by atoms with Gasteiger partial charge in [-0.15, -0.1) is 0 Å². The van der Waals surface area contributed by atoms with E-state index in [2.05, 4.69) is 5.32 Å². The number of hydrogen-bond acceptors (Lipinski definition) is 3. The molecule has 0 radical (unpaired) electrons. The minimum Gasteiger partial charge on any atom is -0.365 e. The Kier molecular flexibility index (Phi) is 5.49. The lowest BCUT2D eigenvalue weighted by atomic mass is 10.2. The molecule has 0 heterocycles. The van der Waals surface area contributed by atoms with E-state index < -0.39 is 0 Å². The van der Waals surface area contributed by atoms with Gasteiger partial charge in [-0.05, 0) is 24.1 Å². The van der Waals surface area contributed by atoms with E-state index in [-0.39, 0.29) is 5.91 Å². The lowest BCUT2D eigenvalue weighted by molar-refractivity contribution is -0.119. The number of hydrogen-bond donors (Lipinski definition) is 2. The van der Waals surface area contributed by atoms with Crippen LogP contribution in [-0.4, -0.2) is 26.0 Å². The van der Waals surface area contributed by atoms with Crippen LogP contribution >= 0.6 is 0 Å². The summed E-state index contributed by atoms with van der Waals surface area (Å²) in [5.41, 5.74) is 7.65. The van der Waals surface area contributed by atoms with Gasteiger partial charge in [-0.3, -0.25) is 4.79 Å². The fourth-order valence-corrected chi connectivity index (χ4v) is 1.51. The highest BCUT2D eigenvalue weighted by Crippen LogP contribution is 2.13. The molecule has 94 valence electrons. The van der Waals surface area contributed by atoms with E-state index in [1.54, 1.807) is 0 Å². The van der Waals surface area contributed by atoms with Gasteiger partial charge in [0, 0.05) is 25.8 Å². The molecule has 0 unspecified atom stereocenters. The van der Waals surface area contributed by atoms with Crippen molar-refractivity contribution in [3.05, 3.63) is 29.8 Å². The minimum absolute atomic E-state index is 0.0530. The van der Waals surface area contributed by atoms with Crippen LogP contribution in [0.3, 0.4) is 0 Å². The fourth-order valence-electron chi connectivity index (χ4n) is 1.51. The van der Waals surface area contributed by atoms with Gasteiger partial charge < -0.3 is 16.0 Å². The van der Waals surface area contributed by atoms with E-state index >= 15 is 0 Å². The van der Waals surface area contributed by atoms with Crippen molar-refractivity contribution in [3.8, 4) is 0 Å². The van der Waals surface area contributed by atoms with Crippen molar-refractivity contribution in [2.45, 2.75) is 19.9 Å². The summed E-state index contributed by atoms with van der Waals surface area (Å²) in [5.74, 6) is 0.0530. The molecule has 1 amide bonds. The molecule has 0 aliphatic heterocycles. The number of carbonyl (C=O) groups excluding carboxylic acids is 1. The molecule has 0 spiro atoms. The van der Waals surface area contributed by atoms with Crippen molar-refractivity contribution >= 4 is 11.6 Å². The zero-order chi connectivity index (χ0) is 12.7. The van der Waals surface area contributed by atoms with Crippen LogP contribution in [0.1, 0.15) is 18.9 Å². The Labute approximate surface area is 103 Å². The van der Waals surface area contributed by atoms with Crippen LogP contribution < -0.4 is 16.0 Å². The third-order valence-corrected chi connectivity index (χ3v) is 2.57. The van der Waals surface area contributed by atoms with Crippen LogP contribution in [0.5, 0.6) is 0 Å². The molecule has 17 heavy (non-hydrogen) atoms. The standard InChI is InChI=1S/C13H21N3O/c1-3-8-15-13(17)10-16(2)12-6-4-11(9-14)5-7-12/h4-7H,3,8-10,14H2,1-2H3,(H,15,17). The first-order chi connectivity index (χ1) is 8.17. The summed E-state index contributed by atoms with van der Waals surface area (Å²) in [7, 11) is 1.91. The molecule has 1 aromatic rings. The van der Waals surface area contributed by atoms with Crippen LogP contribution in [0.4, 0.5) is 5.69 Å². The Morgan fingerprint density at radius 1 is 1.35 bits per heavy atom. The van der Waals surface area contributed by atoms with Gasteiger partial charge in [-0.25, -0.2) is 0 Å². The van der Waals surface area contributed by atoms with Crippen LogP contribution in [0.2, 0.25) is 0 Å². The summed E-state index contributed by atoms with van der Waals surface area (Å²) >= 11 is 0. The summed E-state index contributed by atoms with van der Waals surface area (Å²) in [5, 5.41) is 2.85. The number of likely N-dealkylation sites (N-methyl/N-ethyl adjacent to an activating group) is 1. The van der Waals surface area contributed by atoms with Crippen molar-refractivity contribution in [1.29, 1.82) is 0 Å². The Hall–Kier alpha value is -1.55. The molecule has 4 heteroatoms. The van der Waals surface area contributed by atoms with Gasteiger partial charge in [0.25, 0.3) is 0 Å². The Bertz CT molecular complexity index is 348. The predicted octanol–water partition coefficient (Wildman–Crippen LogP) is 1.11. The van der Waals surface area contributed by atoms with Crippen LogP contribution in [0, 0.1) is 0 Å². The first-order valence-electron chi connectivity index (χ1n) is 5.94. The largest absolute Gasteiger partial charge is 0.365 e. The topological polar surface area (TPSA) is 58.4 Å². The lowest BCUT2D eigenvalue weighted by Crippen LogP contribution is -2.35. The van der Waals surface area contributed by atoms with Crippen LogP contribution in [-0.2, 0) is 11.3 Å². The van der Waals surface area contributed by atoms with E-state index in [9.17, 15) is 4.79 Å². The first kappa shape index (κ1) is 13.5. The number of benzene rings is 1. The second-order valence-corrected chi connectivity index (χ2v) is 4.08. The van der Waals surface area contributed by atoms with Crippen molar-refractivity contribution in [2.75, 3.05) is 25.0 Å². The molecule has 4 nitrogen and oxygen atoms in total. The van der Waals surface area contributed by atoms with Gasteiger partial charge in [-0.2, -0.15) is 0 Å². The van der Waals surface area contributed by atoms with Crippen molar-refractivity contribution in [2.24, 2.45) is 5.73 Å². The highest BCUT2D eigenvalue weighted by molar-refractivity contribution is 5.81. The SMILES string of the molecule is CCCNC(=O)CN(C)c1ccc(CN)cc1. The summed E-state index contributed by atoms with van der Waals surface area (Å²) in [6, 6.07) is 7.93. The van der Waals surface area contributed by atoms with Crippen molar-refractivity contribution in [3.63, 3.8) is 0 Å². The van der Waals surface area contributed by atoms with Crippen molar-refractivity contribution in [1.82, 2.24) is 5.32 Å². The Balaban J connectivity index is 2.51. The normalized spacial score (nSPS) is 10.1. The highest BCUT2D eigenvalue weighted by atomic mass is 16.2. The van der Waals surface area contributed by atoms with E-state index in [1.807, 2.05) is 43.1 Å². The molecule has 0 saturated heterocycles. The van der Waals surface area contributed by atoms with Gasteiger partial charge >= 0.3 is 0 Å². The molecule has 1 rings (SSSR count). The maximum absolute atomic E-state index is 11.5. The molecule has 0 aromatic heterocycles. The maximum atomic E-state index is 11.5. The van der Waals surface area contributed by atoms with Crippen LogP contribution in [0.15, 0.2) is 24.3 Å². The first-order valence-corrected chi connectivity index (χ1v) is 5.94. The van der Waals surface area contributed by atoms with Gasteiger partial charge in [0.1, 0.15) is 0 Å². The molecular formula is C13H21N3O. The number of nitrogens with two attached hydrogens (primary N) is 1. The molecule has 0 saturated carbocycles. The molecule has 0 bridgehead atoms. The average molecular weight is 235 g/mol. The Morgan fingerprint density at radius 3 is 2.53 bits per heavy atom. The highest BCUT2D eigenvalue weighted by Gasteiger charge is 2.06. The number of amides is 1. The number of anilines is 1. The molecule has 3 N–H and O–H groups in total. The van der Waals surface area contributed by atoms with Gasteiger partial charge in [0.2, 0.25) is 5.91 Å². The smallest absolute Gasteiger partial charge is 0.239 e. The summed E-state index contributed by atoms with van der Waals surface area (Å²) in [4.78, 5) is 13.5. The molecule has 1 aromatic carbocycles. The second-order valence-electron chi connectivity index (χ2n) is 4.08. The van der Waals surface area contributed by atoms with Gasteiger partial charge in [0.05, 0.1) is 6.54 Å². The summed E-state index contributed by atoms with van der Waals surface area (Å²) in [6.45, 7) is 3.69. The molecule has 0 aliphatic rings. The maximum Gasteiger partial charge on any atom is 0.239 e. The minimum atomic E-state index is 0.0530. The van der Waals surface area contributed by atoms with Gasteiger partial charge in [0.15, 0.2) is 0 Å². The summed E-state index contributed by atoms with van der Waals surface area (Å²) in [6.07, 6.45) is 0.959. The Morgan fingerprint density at radius 2 is 2.00 bits per heavy atom. The van der Waals surface area contributed by atoms with Crippen LogP contribution in [0.25, 0.3) is 0 Å². The van der Waals surface area contributed by atoms with Crippen molar-refractivity contribution < 1.29 is 4.79 Å². The van der Waals surface area contributed by atoms with E-state index in [0.717, 1.165) is 24.2 Å². The lowest BCUT2D eigenvalue weighted by Gasteiger charge is -2.19. The molecule has 0 fully saturated rings. The molecule has 0 aliphatic carbocycles. The predicted molar refractivity (Wildman–Crippen MR) is 70.9 cm³/mol. The fraction of sp³-hybridized carbons (Fsp3) is 0.462. The van der Waals surface area contributed by atoms with E-state index in [0.29, 0.717) is 13.1 Å². The average Bonchev–Trinajstić information content (AvgIpc) is 2.36. The quantitative estimate of drug-likeness (QED) is 0.776. The molecular weight excluding hydrogens is 214 g/mol. The molecule has 0 atom stereocenters. The van der Waals surface area contributed by atoms with E-state index in [1.165, 1.54) is 0 Å². The number of carbonyl (C=O) groups is 1. The zero-order valence-corrected chi connectivity index (χ0v) is 10.6. The third kappa shape index (κ3) is 4.44. The second kappa shape index (κ2) is 6.91. The number of rotatable bonds is 6. The zero-order valence-electron chi connectivity index (χ0n) is 10.6. The summed E-state index contributed by atoms with van der Waals surface area (Å²) < 4.78 is 0. The third-order valence-electron chi connectivity index (χ3n) is 2.57. The number of nitrogens with one attached hydrogen (secondary N) is 1. The number of nitrogens with zero attached hydrogens (tertiary/aromatic N) is 1.